The zero-order valence-corrected chi connectivity index (χ0v) is 11.6. The number of amides is 1. The van der Waals surface area contributed by atoms with Crippen LogP contribution < -0.4 is 14.8 Å². The van der Waals surface area contributed by atoms with Crippen molar-refractivity contribution < 1.29 is 32.2 Å². The van der Waals surface area contributed by atoms with E-state index in [4.69, 9.17) is 9.47 Å². The van der Waals surface area contributed by atoms with Gasteiger partial charge in [-0.3, -0.25) is 4.79 Å². The van der Waals surface area contributed by atoms with E-state index >= 15 is 0 Å². The number of rotatable bonds is 7. The van der Waals surface area contributed by atoms with Crippen molar-refractivity contribution in [3.05, 3.63) is 23.8 Å². The van der Waals surface area contributed by atoms with Gasteiger partial charge in [0, 0.05) is 6.54 Å². The highest BCUT2D eigenvalue weighted by Crippen LogP contribution is 2.27. The molecule has 1 amide bonds. The molecule has 21 heavy (non-hydrogen) atoms. The van der Waals surface area contributed by atoms with Crippen LogP contribution in [0.4, 0.5) is 13.2 Å². The van der Waals surface area contributed by atoms with Crippen molar-refractivity contribution in [2.75, 3.05) is 34.0 Å². The summed E-state index contributed by atoms with van der Waals surface area (Å²) < 4.78 is 50.1. The Morgan fingerprint density at radius 1 is 1.19 bits per heavy atom. The third-order valence-electron chi connectivity index (χ3n) is 2.45. The van der Waals surface area contributed by atoms with Gasteiger partial charge in [-0.2, -0.15) is 13.2 Å². The fourth-order valence-corrected chi connectivity index (χ4v) is 1.59. The average Bonchev–Trinajstić information content (AvgIpc) is 2.44. The minimum Gasteiger partial charge on any atom is -0.496 e. The van der Waals surface area contributed by atoms with E-state index < -0.39 is 18.7 Å². The van der Waals surface area contributed by atoms with Crippen molar-refractivity contribution in [1.82, 2.24) is 5.32 Å². The molecule has 0 saturated carbocycles. The van der Waals surface area contributed by atoms with Gasteiger partial charge in [0.25, 0.3) is 5.91 Å². The molecule has 0 saturated heterocycles. The highest BCUT2D eigenvalue weighted by molar-refractivity contribution is 5.99. The summed E-state index contributed by atoms with van der Waals surface area (Å²) in [4.78, 5) is 12.0. The lowest BCUT2D eigenvalue weighted by molar-refractivity contribution is -0.173. The molecular weight excluding hydrogens is 291 g/mol. The number of carbonyl (C=O) groups excluding carboxylic acids is 1. The first-order valence-electron chi connectivity index (χ1n) is 6.02. The van der Waals surface area contributed by atoms with Crippen molar-refractivity contribution in [3.8, 4) is 11.5 Å². The molecule has 0 spiro atoms. The third kappa shape index (κ3) is 5.50. The largest absolute Gasteiger partial charge is 0.496 e. The highest BCUT2D eigenvalue weighted by atomic mass is 19.4. The van der Waals surface area contributed by atoms with Gasteiger partial charge < -0.3 is 19.5 Å². The summed E-state index contributed by atoms with van der Waals surface area (Å²) in [5.41, 5.74) is 0.179. The number of ether oxygens (including phenoxy) is 3. The molecule has 8 heteroatoms. The highest BCUT2D eigenvalue weighted by Gasteiger charge is 2.27. The smallest absolute Gasteiger partial charge is 0.411 e. The molecule has 1 N–H and O–H groups in total. The summed E-state index contributed by atoms with van der Waals surface area (Å²) >= 11 is 0. The van der Waals surface area contributed by atoms with Crippen LogP contribution in [0.25, 0.3) is 0 Å². The number of hydrogen-bond acceptors (Lipinski definition) is 4. The Morgan fingerprint density at radius 3 is 2.24 bits per heavy atom. The fraction of sp³-hybridized carbons (Fsp3) is 0.462. The predicted molar refractivity (Wildman–Crippen MR) is 68.8 cm³/mol. The van der Waals surface area contributed by atoms with E-state index in [1.807, 2.05) is 0 Å². The molecule has 5 nitrogen and oxygen atoms in total. The molecule has 0 unspecified atom stereocenters. The second-order valence-corrected chi connectivity index (χ2v) is 3.96. The molecule has 0 aliphatic rings. The van der Waals surface area contributed by atoms with Crippen LogP contribution in [0, 0.1) is 0 Å². The lowest BCUT2D eigenvalue weighted by Gasteiger charge is -2.13. The van der Waals surface area contributed by atoms with Gasteiger partial charge in [0.05, 0.1) is 20.8 Å². The number of halogens is 3. The van der Waals surface area contributed by atoms with E-state index in [9.17, 15) is 18.0 Å². The number of alkyl halides is 3. The molecule has 1 aromatic carbocycles. The maximum Gasteiger partial charge on any atom is 0.411 e. The normalized spacial score (nSPS) is 11.1. The Labute approximate surface area is 120 Å². The second kappa shape index (κ2) is 7.72. The molecule has 0 aliphatic carbocycles. The van der Waals surface area contributed by atoms with Crippen LogP contribution in [-0.2, 0) is 4.74 Å². The number of carbonyl (C=O) groups is 1. The number of nitrogens with one attached hydrogen (secondary N) is 1. The molecule has 0 radical (unpaired) electrons. The third-order valence-corrected chi connectivity index (χ3v) is 2.45. The molecule has 0 heterocycles. The predicted octanol–water partition coefficient (Wildman–Crippen LogP) is 2.01. The van der Waals surface area contributed by atoms with E-state index in [0.717, 1.165) is 0 Å². The lowest BCUT2D eigenvalue weighted by Crippen LogP contribution is -2.29. The summed E-state index contributed by atoms with van der Waals surface area (Å²) in [6.45, 7) is -1.65. The second-order valence-electron chi connectivity index (χ2n) is 3.96. The van der Waals surface area contributed by atoms with Crippen molar-refractivity contribution in [2.24, 2.45) is 0 Å². The number of methoxy groups -OCH3 is 2. The maximum absolute atomic E-state index is 12.0. The van der Waals surface area contributed by atoms with E-state index in [0.29, 0.717) is 11.5 Å². The van der Waals surface area contributed by atoms with Crippen LogP contribution in [0.15, 0.2) is 18.2 Å². The van der Waals surface area contributed by atoms with E-state index in [1.165, 1.54) is 14.2 Å². The van der Waals surface area contributed by atoms with E-state index in [2.05, 4.69) is 10.1 Å². The Kier molecular flexibility index (Phi) is 6.29. The molecule has 0 fully saturated rings. The molecule has 118 valence electrons. The quantitative estimate of drug-likeness (QED) is 0.783. The molecule has 0 atom stereocenters. The summed E-state index contributed by atoms with van der Waals surface area (Å²) in [5.74, 6) is 0.103. The van der Waals surface area contributed by atoms with Gasteiger partial charge in [-0.25, -0.2) is 0 Å². The van der Waals surface area contributed by atoms with Gasteiger partial charge >= 0.3 is 6.18 Å². The standard InChI is InChI=1S/C13H16F3NO4/c1-19-9-4-3-5-10(20-2)11(9)12(18)17-6-7-21-8-13(14,15)16/h3-5H,6-8H2,1-2H3,(H,17,18). The van der Waals surface area contributed by atoms with Crippen LogP contribution >= 0.6 is 0 Å². The van der Waals surface area contributed by atoms with Crippen molar-refractivity contribution in [3.63, 3.8) is 0 Å². The van der Waals surface area contributed by atoms with Crippen LogP contribution in [0.1, 0.15) is 10.4 Å². The average molecular weight is 307 g/mol. The minimum atomic E-state index is -4.38. The Bertz CT molecular complexity index is 455. The Balaban J connectivity index is 2.56. The van der Waals surface area contributed by atoms with Crippen LogP contribution in [0.3, 0.4) is 0 Å². The van der Waals surface area contributed by atoms with Crippen LogP contribution in [0.2, 0.25) is 0 Å². The van der Waals surface area contributed by atoms with E-state index in [-0.39, 0.29) is 18.7 Å². The van der Waals surface area contributed by atoms with E-state index in [1.54, 1.807) is 18.2 Å². The number of hydrogen-bond donors (Lipinski definition) is 1. The van der Waals surface area contributed by atoms with Gasteiger partial charge in [-0.15, -0.1) is 0 Å². The van der Waals surface area contributed by atoms with Crippen LogP contribution in [0.5, 0.6) is 11.5 Å². The van der Waals surface area contributed by atoms with Crippen molar-refractivity contribution in [2.45, 2.75) is 6.18 Å². The zero-order chi connectivity index (χ0) is 15.9. The summed E-state index contributed by atoms with van der Waals surface area (Å²) in [5, 5.41) is 2.44. The minimum absolute atomic E-state index is 0.0594. The molecule has 0 aromatic heterocycles. The SMILES string of the molecule is COc1cccc(OC)c1C(=O)NCCOCC(F)(F)F. The monoisotopic (exact) mass is 307 g/mol. The summed E-state index contributed by atoms with van der Waals surface area (Å²) in [6, 6.07) is 4.82. The lowest BCUT2D eigenvalue weighted by atomic mass is 10.1. The fourth-order valence-electron chi connectivity index (χ4n) is 1.59. The molecule has 1 aromatic rings. The van der Waals surface area contributed by atoms with Gasteiger partial charge in [0.2, 0.25) is 0 Å². The van der Waals surface area contributed by atoms with Gasteiger partial charge in [0.1, 0.15) is 23.7 Å². The first-order chi connectivity index (χ1) is 9.89. The van der Waals surface area contributed by atoms with Gasteiger partial charge in [0.15, 0.2) is 0 Å². The zero-order valence-electron chi connectivity index (χ0n) is 11.6. The van der Waals surface area contributed by atoms with Gasteiger partial charge in [-0.05, 0) is 12.1 Å². The number of benzene rings is 1. The Morgan fingerprint density at radius 2 is 1.76 bits per heavy atom. The van der Waals surface area contributed by atoms with Gasteiger partial charge in [-0.1, -0.05) is 6.07 Å². The molecular formula is C13H16F3NO4. The van der Waals surface area contributed by atoms with Crippen LogP contribution in [-0.4, -0.2) is 46.1 Å². The first-order valence-corrected chi connectivity index (χ1v) is 6.02. The molecule has 0 aliphatic heterocycles. The van der Waals surface area contributed by atoms with Crippen molar-refractivity contribution in [1.29, 1.82) is 0 Å². The Hall–Kier alpha value is -1.96. The molecule has 1 rings (SSSR count). The van der Waals surface area contributed by atoms with Crippen molar-refractivity contribution >= 4 is 5.91 Å². The topological polar surface area (TPSA) is 56.8 Å². The first kappa shape index (κ1) is 17.1. The molecule has 0 bridgehead atoms. The summed E-state index contributed by atoms with van der Waals surface area (Å²) in [6.07, 6.45) is -4.38. The maximum atomic E-state index is 12.0. The summed E-state index contributed by atoms with van der Waals surface area (Å²) in [7, 11) is 2.80.